The summed E-state index contributed by atoms with van der Waals surface area (Å²) in [6, 6.07) is 0. The van der Waals surface area contributed by atoms with Crippen molar-refractivity contribution in [3.05, 3.63) is 23.8 Å². The summed E-state index contributed by atoms with van der Waals surface area (Å²) in [7, 11) is 0. The van der Waals surface area contributed by atoms with E-state index in [1.807, 2.05) is 0 Å². The smallest absolute Gasteiger partial charge is 0.336 e. The maximum Gasteiger partial charge on any atom is 0.336 e. The van der Waals surface area contributed by atoms with Crippen molar-refractivity contribution in [1.29, 1.82) is 0 Å². The third kappa shape index (κ3) is 4.24. The number of rotatable bonds is 7. The lowest BCUT2D eigenvalue weighted by Gasteiger charge is -2.58. The summed E-state index contributed by atoms with van der Waals surface area (Å²) in [5.74, 6) is 2.64. The number of carbonyl (C=O) groups is 1. The molecule has 4 heteroatoms. The molecule has 0 heterocycles. The lowest BCUT2D eigenvalue weighted by Crippen LogP contribution is -2.51. The van der Waals surface area contributed by atoms with Crippen LogP contribution in [0.15, 0.2) is 23.8 Å². The van der Waals surface area contributed by atoms with Gasteiger partial charge in [0.1, 0.15) is 6.10 Å². The Hall–Kier alpha value is -1.13. The maximum atomic E-state index is 12.4. The molecule has 3 saturated carbocycles. The van der Waals surface area contributed by atoms with E-state index in [1.165, 1.54) is 37.7 Å². The monoisotopic (exact) mass is 458 g/mol. The molecule has 4 aliphatic rings. The van der Waals surface area contributed by atoms with E-state index in [2.05, 4.69) is 40.3 Å². The maximum absolute atomic E-state index is 12.4. The first-order valence-electron chi connectivity index (χ1n) is 13.5. The number of aliphatic hydroxyl groups is 2. The molecule has 0 amide bonds. The van der Waals surface area contributed by atoms with Crippen LogP contribution >= 0.6 is 0 Å². The predicted octanol–water partition coefficient (Wildman–Crippen LogP) is 5.82. The number of carbonyl (C=O) groups excluding carboxylic acids is 1. The first kappa shape index (κ1) is 25.0. The molecule has 0 aromatic rings. The number of hydrogen-bond acceptors (Lipinski definition) is 4. The van der Waals surface area contributed by atoms with Crippen LogP contribution in [-0.2, 0) is 9.53 Å². The first-order chi connectivity index (χ1) is 15.7. The minimum absolute atomic E-state index is 0.112. The molecule has 4 aliphatic carbocycles. The Balaban J connectivity index is 1.53. The molecular formula is C29H46O4. The summed E-state index contributed by atoms with van der Waals surface area (Å²) in [5, 5.41) is 19.6. The van der Waals surface area contributed by atoms with Crippen LogP contribution in [0.25, 0.3) is 0 Å². The van der Waals surface area contributed by atoms with E-state index in [1.54, 1.807) is 0 Å². The second kappa shape index (κ2) is 9.49. The van der Waals surface area contributed by atoms with Crippen molar-refractivity contribution in [3.8, 4) is 0 Å². The minimum Gasteiger partial charge on any atom is -0.459 e. The molecule has 3 fully saturated rings. The molecule has 0 spiro atoms. The highest BCUT2D eigenvalue weighted by Gasteiger charge is 2.59. The van der Waals surface area contributed by atoms with Gasteiger partial charge in [-0.05, 0) is 98.2 Å². The van der Waals surface area contributed by atoms with Crippen LogP contribution in [0.5, 0.6) is 0 Å². The standard InChI is InChI=1S/C29H46O4/c1-6-7-26(33-27(32)18(2)17-30)19(3)23-10-11-24-22-9-8-20-16-21(31)12-14-28(20,4)25(22)13-15-29(23,24)5/h8,19,21-26,30-31H,2,6-7,9-17H2,1,3-5H3/t19-,21-,22-,23+,24-,25-,26-,28-,29+/m0/s1. The molecule has 0 unspecified atom stereocenters. The summed E-state index contributed by atoms with van der Waals surface area (Å²) in [6.07, 6.45) is 13.3. The number of allylic oxidation sites excluding steroid dienone is 1. The summed E-state index contributed by atoms with van der Waals surface area (Å²) < 4.78 is 5.91. The van der Waals surface area contributed by atoms with Crippen molar-refractivity contribution in [2.75, 3.05) is 6.61 Å². The van der Waals surface area contributed by atoms with Crippen LogP contribution in [0.2, 0.25) is 0 Å². The molecule has 0 bridgehead atoms. The van der Waals surface area contributed by atoms with Gasteiger partial charge in [0.25, 0.3) is 0 Å². The molecule has 9 atom stereocenters. The van der Waals surface area contributed by atoms with Gasteiger partial charge in [0.15, 0.2) is 0 Å². The van der Waals surface area contributed by atoms with Gasteiger partial charge in [-0.15, -0.1) is 0 Å². The summed E-state index contributed by atoms with van der Waals surface area (Å²) in [5.41, 5.74) is 2.25. The summed E-state index contributed by atoms with van der Waals surface area (Å²) >= 11 is 0. The average molecular weight is 459 g/mol. The zero-order chi connectivity index (χ0) is 24.0. The summed E-state index contributed by atoms with van der Waals surface area (Å²) in [6.45, 7) is 12.8. The van der Waals surface area contributed by atoms with Gasteiger partial charge in [0.2, 0.25) is 0 Å². The Kier molecular flexibility index (Phi) is 7.18. The van der Waals surface area contributed by atoms with Crippen molar-refractivity contribution in [1.82, 2.24) is 0 Å². The average Bonchev–Trinajstić information content (AvgIpc) is 3.15. The number of ether oxygens (including phenoxy) is 1. The minimum atomic E-state index is -0.441. The summed E-state index contributed by atoms with van der Waals surface area (Å²) in [4.78, 5) is 12.4. The van der Waals surface area contributed by atoms with E-state index in [9.17, 15) is 15.0 Å². The predicted molar refractivity (Wildman–Crippen MR) is 131 cm³/mol. The van der Waals surface area contributed by atoms with Crippen LogP contribution in [-0.4, -0.2) is 35.0 Å². The molecule has 0 saturated heterocycles. The number of esters is 1. The van der Waals surface area contributed by atoms with Crippen molar-refractivity contribution in [2.45, 2.75) is 104 Å². The second-order valence-electron chi connectivity index (χ2n) is 12.2. The van der Waals surface area contributed by atoms with E-state index in [0.717, 1.165) is 49.9 Å². The van der Waals surface area contributed by atoms with Gasteiger partial charge in [0.05, 0.1) is 18.3 Å². The highest BCUT2D eigenvalue weighted by molar-refractivity contribution is 5.88. The Morgan fingerprint density at radius 1 is 1.21 bits per heavy atom. The Morgan fingerprint density at radius 2 is 1.97 bits per heavy atom. The van der Waals surface area contributed by atoms with Crippen molar-refractivity contribution < 1.29 is 19.7 Å². The molecule has 4 rings (SSSR count). The van der Waals surface area contributed by atoms with E-state index < -0.39 is 5.97 Å². The largest absolute Gasteiger partial charge is 0.459 e. The Labute approximate surface area is 200 Å². The van der Waals surface area contributed by atoms with Gasteiger partial charge in [-0.3, -0.25) is 0 Å². The fourth-order valence-corrected chi connectivity index (χ4v) is 8.80. The van der Waals surface area contributed by atoms with Gasteiger partial charge >= 0.3 is 5.97 Å². The lowest BCUT2D eigenvalue weighted by molar-refractivity contribution is -0.151. The van der Waals surface area contributed by atoms with Crippen LogP contribution < -0.4 is 0 Å². The van der Waals surface area contributed by atoms with E-state index >= 15 is 0 Å². The fraction of sp³-hybridized carbons (Fsp3) is 0.828. The van der Waals surface area contributed by atoms with Gasteiger partial charge in [-0.1, -0.05) is 52.3 Å². The highest BCUT2D eigenvalue weighted by Crippen LogP contribution is 2.67. The molecule has 2 N–H and O–H groups in total. The molecule has 186 valence electrons. The lowest BCUT2D eigenvalue weighted by atomic mass is 9.47. The molecular weight excluding hydrogens is 412 g/mol. The van der Waals surface area contributed by atoms with Crippen LogP contribution in [0, 0.1) is 40.4 Å². The zero-order valence-corrected chi connectivity index (χ0v) is 21.3. The van der Waals surface area contributed by atoms with E-state index in [0.29, 0.717) is 17.3 Å². The van der Waals surface area contributed by atoms with Crippen LogP contribution in [0.1, 0.15) is 91.9 Å². The Morgan fingerprint density at radius 3 is 2.67 bits per heavy atom. The number of fused-ring (bicyclic) bond motifs is 5. The number of hydrogen-bond donors (Lipinski definition) is 2. The van der Waals surface area contributed by atoms with Crippen molar-refractivity contribution in [3.63, 3.8) is 0 Å². The van der Waals surface area contributed by atoms with Crippen molar-refractivity contribution in [2.24, 2.45) is 40.4 Å². The van der Waals surface area contributed by atoms with E-state index in [4.69, 9.17) is 4.74 Å². The molecule has 0 aliphatic heterocycles. The molecule has 33 heavy (non-hydrogen) atoms. The zero-order valence-electron chi connectivity index (χ0n) is 21.3. The third-order valence-electron chi connectivity index (χ3n) is 10.7. The van der Waals surface area contributed by atoms with Crippen LogP contribution in [0.3, 0.4) is 0 Å². The second-order valence-corrected chi connectivity index (χ2v) is 12.2. The van der Waals surface area contributed by atoms with Gasteiger partial charge in [-0.2, -0.15) is 0 Å². The highest BCUT2D eigenvalue weighted by atomic mass is 16.5. The molecule has 0 aromatic carbocycles. The quantitative estimate of drug-likeness (QED) is 0.286. The van der Waals surface area contributed by atoms with E-state index in [-0.39, 0.29) is 29.8 Å². The van der Waals surface area contributed by atoms with Gasteiger partial charge in [0, 0.05) is 0 Å². The molecule has 4 nitrogen and oxygen atoms in total. The topological polar surface area (TPSA) is 66.8 Å². The Bertz CT molecular complexity index is 786. The SMILES string of the molecule is C=C(CO)C(=O)O[C@@H](CCC)[C@@H](C)[C@H]1CC[C@H]2[C@@H]3CC=C4C[C@@H](O)CC[C@]4(C)[C@H]3CC[C@]12C. The first-order valence-corrected chi connectivity index (χ1v) is 13.5. The van der Waals surface area contributed by atoms with Gasteiger partial charge in [-0.25, -0.2) is 4.79 Å². The fourth-order valence-electron chi connectivity index (χ4n) is 8.80. The third-order valence-corrected chi connectivity index (χ3v) is 10.7. The van der Waals surface area contributed by atoms with Crippen molar-refractivity contribution >= 4 is 5.97 Å². The molecule has 0 radical (unpaired) electrons. The van der Waals surface area contributed by atoms with Crippen LogP contribution in [0.4, 0.5) is 0 Å². The number of aliphatic hydroxyl groups excluding tert-OH is 2. The normalized spacial score (nSPS) is 41.8. The van der Waals surface area contributed by atoms with Gasteiger partial charge < -0.3 is 14.9 Å². The molecule has 0 aromatic heterocycles.